The highest BCUT2D eigenvalue weighted by molar-refractivity contribution is 6.05. The zero-order valence-electron chi connectivity index (χ0n) is 11.2. The molecular formula is C17H17NO2. The van der Waals surface area contributed by atoms with Gasteiger partial charge in [-0.2, -0.15) is 0 Å². The summed E-state index contributed by atoms with van der Waals surface area (Å²) in [6, 6.07) is 9.77. The third kappa shape index (κ3) is 1.59. The number of benzene rings is 1. The molecular weight excluding hydrogens is 250 g/mol. The molecule has 20 heavy (non-hydrogen) atoms. The monoisotopic (exact) mass is 267 g/mol. The molecule has 1 saturated carbocycles. The molecule has 0 radical (unpaired) electrons. The molecule has 2 fully saturated rings. The second-order valence-corrected chi connectivity index (χ2v) is 6.09. The Kier molecular flexibility index (Phi) is 2.56. The summed E-state index contributed by atoms with van der Waals surface area (Å²) in [6.07, 6.45) is 6.43. The first kappa shape index (κ1) is 11.9. The molecule has 3 nitrogen and oxygen atoms in total. The molecule has 4 aliphatic rings. The van der Waals surface area contributed by atoms with Crippen LogP contribution in [0.25, 0.3) is 0 Å². The van der Waals surface area contributed by atoms with E-state index >= 15 is 0 Å². The number of likely N-dealkylation sites (tertiary alicyclic amines) is 1. The Bertz CT molecular complexity index is 560. The number of imide groups is 1. The molecule has 1 saturated heterocycles. The van der Waals surface area contributed by atoms with Gasteiger partial charge in [0.05, 0.1) is 18.4 Å². The minimum absolute atomic E-state index is 0.0444. The second kappa shape index (κ2) is 4.30. The van der Waals surface area contributed by atoms with E-state index in [9.17, 15) is 9.59 Å². The van der Waals surface area contributed by atoms with E-state index in [2.05, 4.69) is 12.2 Å². The second-order valence-electron chi connectivity index (χ2n) is 6.09. The van der Waals surface area contributed by atoms with Crippen LogP contribution in [0.4, 0.5) is 0 Å². The van der Waals surface area contributed by atoms with Gasteiger partial charge in [-0.25, -0.2) is 0 Å². The number of carbonyl (C=O) groups is 2. The Morgan fingerprint density at radius 1 is 0.900 bits per heavy atom. The summed E-state index contributed by atoms with van der Waals surface area (Å²) >= 11 is 0. The van der Waals surface area contributed by atoms with E-state index in [0.717, 1.165) is 18.4 Å². The Hall–Kier alpha value is -1.90. The first-order chi connectivity index (χ1) is 9.75. The maximum absolute atomic E-state index is 12.6. The fraction of sp³-hybridized carbons (Fsp3) is 0.412. The average Bonchev–Trinajstić information content (AvgIpc) is 2.77. The molecule has 5 rings (SSSR count). The van der Waals surface area contributed by atoms with Gasteiger partial charge in [-0.3, -0.25) is 14.5 Å². The van der Waals surface area contributed by atoms with Gasteiger partial charge in [-0.15, -0.1) is 0 Å². The van der Waals surface area contributed by atoms with E-state index in [1.54, 1.807) is 0 Å². The zero-order chi connectivity index (χ0) is 13.7. The number of nitrogens with zero attached hydrogens (tertiary/aromatic N) is 1. The van der Waals surface area contributed by atoms with Crippen LogP contribution in [-0.2, 0) is 16.1 Å². The molecule has 0 aromatic heterocycles. The summed E-state index contributed by atoms with van der Waals surface area (Å²) in [6.45, 7) is 0.422. The smallest absolute Gasteiger partial charge is 0.234 e. The van der Waals surface area contributed by atoms with Crippen LogP contribution in [0.5, 0.6) is 0 Å². The maximum atomic E-state index is 12.6. The predicted octanol–water partition coefficient (Wildman–Crippen LogP) is 2.38. The third-order valence-corrected chi connectivity index (χ3v) is 5.03. The Morgan fingerprint density at radius 3 is 1.95 bits per heavy atom. The molecule has 0 N–H and O–H groups in total. The van der Waals surface area contributed by atoms with Crippen molar-refractivity contribution in [1.82, 2.24) is 4.90 Å². The van der Waals surface area contributed by atoms with Crippen molar-refractivity contribution in [2.75, 3.05) is 0 Å². The van der Waals surface area contributed by atoms with Crippen LogP contribution in [0.1, 0.15) is 18.4 Å². The van der Waals surface area contributed by atoms with Crippen molar-refractivity contribution < 1.29 is 9.59 Å². The molecule has 2 bridgehead atoms. The van der Waals surface area contributed by atoms with Crippen LogP contribution in [0.2, 0.25) is 0 Å². The van der Waals surface area contributed by atoms with Crippen molar-refractivity contribution >= 4 is 11.8 Å². The molecule has 3 heteroatoms. The van der Waals surface area contributed by atoms with E-state index in [1.807, 2.05) is 30.3 Å². The van der Waals surface area contributed by atoms with E-state index in [0.29, 0.717) is 6.54 Å². The van der Waals surface area contributed by atoms with Gasteiger partial charge < -0.3 is 0 Å². The first-order valence-corrected chi connectivity index (χ1v) is 7.33. The lowest BCUT2D eigenvalue weighted by Crippen LogP contribution is -2.38. The van der Waals surface area contributed by atoms with Gasteiger partial charge in [-0.1, -0.05) is 42.5 Å². The van der Waals surface area contributed by atoms with E-state index in [4.69, 9.17) is 0 Å². The fourth-order valence-corrected chi connectivity index (χ4v) is 4.06. The van der Waals surface area contributed by atoms with Gasteiger partial charge in [0.1, 0.15) is 0 Å². The summed E-state index contributed by atoms with van der Waals surface area (Å²) in [7, 11) is 0. The summed E-state index contributed by atoms with van der Waals surface area (Å²) < 4.78 is 0. The minimum atomic E-state index is -0.0880. The van der Waals surface area contributed by atoms with Crippen LogP contribution in [0.15, 0.2) is 42.5 Å². The highest BCUT2D eigenvalue weighted by atomic mass is 16.2. The van der Waals surface area contributed by atoms with Crippen molar-refractivity contribution in [2.24, 2.45) is 23.7 Å². The molecule has 1 aromatic carbocycles. The first-order valence-electron chi connectivity index (χ1n) is 7.33. The van der Waals surface area contributed by atoms with Gasteiger partial charge in [-0.05, 0) is 30.2 Å². The fourth-order valence-electron chi connectivity index (χ4n) is 4.06. The number of amides is 2. The van der Waals surface area contributed by atoms with Crippen LogP contribution < -0.4 is 0 Å². The highest BCUT2D eigenvalue weighted by Crippen LogP contribution is 2.49. The minimum Gasteiger partial charge on any atom is -0.278 e. The van der Waals surface area contributed by atoms with Gasteiger partial charge in [0, 0.05) is 0 Å². The van der Waals surface area contributed by atoms with Crippen LogP contribution >= 0.6 is 0 Å². The number of fused-ring (bicyclic) bond motifs is 1. The van der Waals surface area contributed by atoms with Crippen molar-refractivity contribution in [1.29, 1.82) is 0 Å². The molecule has 2 amide bonds. The Labute approximate surface area is 118 Å². The van der Waals surface area contributed by atoms with E-state index < -0.39 is 0 Å². The van der Waals surface area contributed by atoms with Gasteiger partial charge in [0.15, 0.2) is 0 Å². The molecule has 4 atom stereocenters. The SMILES string of the molecule is O=C1C2C3C=CC(CC3)C2C(=O)N1Cc1ccccc1. The van der Waals surface area contributed by atoms with Gasteiger partial charge >= 0.3 is 0 Å². The van der Waals surface area contributed by atoms with Crippen molar-refractivity contribution in [2.45, 2.75) is 19.4 Å². The van der Waals surface area contributed by atoms with Gasteiger partial charge in [0.25, 0.3) is 0 Å². The zero-order valence-corrected chi connectivity index (χ0v) is 11.2. The summed E-state index contributed by atoms with van der Waals surface area (Å²) in [5.74, 6) is 0.472. The summed E-state index contributed by atoms with van der Waals surface area (Å²) in [4.78, 5) is 26.7. The standard InChI is InChI=1S/C17H17NO2/c19-16-14-12-6-7-13(9-8-12)15(14)17(20)18(16)10-11-4-2-1-3-5-11/h1-7,12-15H,8-10H2. The van der Waals surface area contributed by atoms with Crippen LogP contribution in [0, 0.1) is 23.7 Å². The molecule has 3 aliphatic carbocycles. The van der Waals surface area contributed by atoms with E-state index in [1.165, 1.54) is 4.90 Å². The topological polar surface area (TPSA) is 37.4 Å². The lowest BCUT2D eigenvalue weighted by Gasteiger charge is -2.38. The molecule has 1 aromatic rings. The number of carbonyl (C=O) groups excluding carboxylic acids is 2. The number of allylic oxidation sites excluding steroid dienone is 2. The molecule has 4 unspecified atom stereocenters. The van der Waals surface area contributed by atoms with E-state index in [-0.39, 0.29) is 35.5 Å². The molecule has 1 aliphatic heterocycles. The largest absolute Gasteiger partial charge is 0.278 e. The molecule has 102 valence electrons. The van der Waals surface area contributed by atoms with Crippen molar-refractivity contribution in [3.63, 3.8) is 0 Å². The predicted molar refractivity (Wildman–Crippen MR) is 74.3 cm³/mol. The summed E-state index contributed by atoms with van der Waals surface area (Å²) in [5.41, 5.74) is 1.02. The quantitative estimate of drug-likeness (QED) is 0.609. The lowest BCUT2D eigenvalue weighted by atomic mass is 9.63. The van der Waals surface area contributed by atoms with Crippen molar-refractivity contribution in [3.8, 4) is 0 Å². The normalized spacial score (nSPS) is 34.7. The molecule has 1 heterocycles. The molecule has 0 spiro atoms. The van der Waals surface area contributed by atoms with Crippen molar-refractivity contribution in [3.05, 3.63) is 48.0 Å². The third-order valence-electron chi connectivity index (χ3n) is 5.03. The maximum Gasteiger partial charge on any atom is 0.234 e. The number of hydrogen-bond donors (Lipinski definition) is 0. The number of rotatable bonds is 2. The van der Waals surface area contributed by atoms with Crippen LogP contribution in [0.3, 0.4) is 0 Å². The van der Waals surface area contributed by atoms with Gasteiger partial charge in [0.2, 0.25) is 11.8 Å². The summed E-state index contributed by atoms with van der Waals surface area (Å²) in [5, 5.41) is 0. The highest BCUT2D eigenvalue weighted by Gasteiger charge is 2.56. The van der Waals surface area contributed by atoms with Crippen LogP contribution in [-0.4, -0.2) is 16.7 Å². The average molecular weight is 267 g/mol. The Balaban J connectivity index is 1.64. The lowest BCUT2D eigenvalue weighted by molar-refractivity contribution is -0.140. The Morgan fingerprint density at radius 2 is 1.45 bits per heavy atom. The number of hydrogen-bond acceptors (Lipinski definition) is 2.